The fourth-order valence-corrected chi connectivity index (χ4v) is 7.79. The first-order valence-corrected chi connectivity index (χ1v) is 16.2. The van der Waals surface area contributed by atoms with Crippen LogP contribution in [0.4, 0.5) is 4.39 Å². The minimum absolute atomic E-state index is 0.00959. The maximum Gasteiger partial charge on any atom is 0.243 e. The van der Waals surface area contributed by atoms with Crippen LogP contribution >= 0.6 is 0 Å². The Kier molecular flexibility index (Phi) is 9.91. The molecular weight excluding hydrogens is 549 g/mol. The van der Waals surface area contributed by atoms with Gasteiger partial charge in [0.25, 0.3) is 0 Å². The van der Waals surface area contributed by atoms with Crippen LogP contribution in [0.2, 0.25) is 0 Å². The van der Waals surface area contributed by atoms with Crippen molar-refractivity contribution in [2.45, 2.75) is 36.1 Å². The molecule has 0 saturated carbocycles. The summed E-state index contributed by atoms with van der Waals surface area (Å²) in [6.07, 6.45) is 1.19. The minimum atomic E-state index is -3.97. The fraction of sp³-hybridized carbons (Fsp3) is 0.333. The molecule has 40 heavy (non-hydrogen) atoms. The van der Waals surface area contributed by atoms with E-state index in [1.54, 1.807) is 24.3 Å². The van der Waals surface area contributed by atoms with Gasteiger partial charge in [0.15, 0.2) is 0 Å². The van der Waals surface area contributed by atoms with Crippen LogP contribution in [0.15, 0.2) is 101 Å². The summed E-state index contributed by atoms with van der Waals surface area (Å²) in [7, 11) is -7.81. The van der Waals surface area contributed by atoms with Gasteiger partial charge in [-0.25, -0.2) is 21.2 Å². The van der Waals surface area contributed by atoms with Gasteiger partial charge in [-0.2, -0.15) is 8.61 Å². The molecule has 3 aromatic carbocycles. The van der Waals surface area contributed by atoms with Gasteiger partial charge in [-0.1, -0.05) is 54.6 Å². The fourth-order valence-electron chi connectivity index (χ4n) is 4.79. The summed E-state index contributed by atoms with van der Waals surface area (Å²) in [5.41, 5.74) is 2.54. The van der Waals surface area contributed by atoms with Gasteiger partial charge in [0.2, 0.25) is 20.0 Å². The van der Waals surface area contributed by atoms with Crippen molar-refractivity contribution in [3.8, 4) is 0 Å². The van der Waals surface area contributed by atoms with E-state index in [9.17, 15) is 21.2 Å². The molecule has 1 aliphatic heterocycles. The van der Waals surface area contributed by atoms with Gasteiger partial charge in [-0.3, -0.25) is 4.90 Å². The Morgan fingerprint density at radius 3 is 1.68 bits per heavy atom. The van der Waals surface area contributed by atoms with Gasteiger partial charge < -0.3 is 0 Å². The first kappa shape index (κ1) is 30.1. The summed E-state index contributed by atoms with van der Waals surface area (Å²) < 4.78 is 70.7. The lowest BCUT2D eigenvalue weighted by molar-refractivity contribution is 0.238. The van der Waals surface area contributed by atoms with E-state index in [-0.39, 0.29) is 36.0 Å². The van der Waals surface area contributed by atoms with Crippen molar-refractivity contribution in [2.24, 2.45) is 0 Å². The predicted octanol–water partition coefficient (Wildman–Crippen LogP) is 4.67. The average Bonchev–Trinajstić information content (AvgIpc) is 2.92. The summed E-state index contributed by atoms with van der Waals surface area (Å²) in [4.78, 5) is 2.40. The number of nitrogens with zero attached hydrogens (tertiary/aromatic N) is 3. The number of aryl methyl sites for hydroxylation is 1. The molecule has 0 amide bonds. The van der Waals surface area contributed by atoms with Crippen LogP contribution in [0.3, 0.4) is 0 Å². The zero-order chi connectivity index (χ0) is 28.8. The zero-order valence-corrected chi connectivity index (χ0v) is 24.4. The highest BCUT2D eigenvalue weighted by molar-refractivity contribution is 7.89. The van der Waals surface area contributed by atoms with Crippen LogP contribution in [0, 0.1) is 12.7 Å². The Hall–Kier alpha value is -2.89. The summed E-state index contributed by atoms with van der Waals surface area (Å²) in [6.45, 7) is 8.34. The molecule has 0 unspecified atom stereocenters. The monoisotopic (exact) mass is 585 g/mol. The van der Waals surface area contributed by atoms with E-state index in [1.165, 1.54) is 20.7 Å². The Morgan fingerprint density at radius 2 is 1.18 bits per heavy atom. The summed E-state index contributed by atoms with van der Waals surface area (Å²) in [5, 5.41) is 0. The molecule has 10 heteroatoms. The number of hydrogen-bond acceptors (Lipinski definition) is 5. The lowest BCUT2D eigenvalue weighted by Crippen LogP contribution is -2.41. The number of rotatable bonds is 6. The largest absolute Gasteiger partial charge is 0.299 e. The second-order valence-electron chi connectivity index (χ2n) is 10.2. The third-order valence-corrected chi connectivity index (χ3v) is 10.6. The normalized spacial score (nSPS) is 17.7. The number of benzene rings is 3. The van der Waals surface area contributed by atoms with E-state index >= 15 is 0 Å². The highest BCUT2D eigenvalue weighted by Gasteiger charge is 2.29. The van der Waals surface area contributed by atoms with Gasteiger partial charge in [-0.05, 0) is 80.4 Å². The molecule has 0 aliphatic carbocycles. The first-order valence-electron chi connectivity index (χ1n) is 13.3. The molecule has 0 bridgehead atoms. The van der Waals surface area contributed by atoms with Crippen molar-refractivity contribution in [3.63, 3.8) is 0 Å². The Morgan fingerprint density at radius 1 is 0.700 bits per heavy atom. The molecule has 3 aromatic rings. The van der Waals surface area contributed by atoms with Crippen LogP contribution < -0.4 is 0 Å². The third-order valence-electron chi connectivity index (χ3n) is 6.92. The molecule has 1 heterocycles. The van der Waals surface area contributed by atoms with Gasteiger partial charge in [-0.15, -0.1) is 0 Å². The van der Waals surface area contributed by atoms with Gasteiger partial charge >= 0.3 is 0 Å². The Labute approximate surface area is 237 Å². The Balaban J connectivity index is 1.63. The third kappa shape index (κ3) is 7.64. The molecule has 0 atom stereocenters. The predicted molar refractivity (Wildman–Crippen MR) is 155 cm³/mol. The molecule has 4 rings (SSSR count). The highest BCUT2D eigenvalue weighted by atomic mass is 32.2. The molecule has 214 valence electrons. The lowest BCUT2D eigenvalue weighted by atomic mass is 10.2. The van der Waals surface area contributed by atoms with Crippen LogP contribution in [0.5, 0.6) is 0 Å². The summed E-state index contributed by atoms with van der Waals surface area (Å²) >= 11 is 0. The van der Waals surface area contributed by atoms with Crippen molar-refractivity contribution in [2.75, 3.05) is 39.3 Å². The van der Waals surface area contributed by atoms with E-state index in [0.29, 0.717) is 38.0 Å². The van der Waals surface area contributed by atoms with Crippen molar-refractivity contribution in [1.29, 1.82) is 0 Å². The van der Waals surface area contributed by atoms with Crippen molar-refractivity contribution in [3.05, 3.63) is 108 Å². The smallest absolute Gasteiger partial charge is 0.243 e. The maximum absolute atomic E-state index is 13.7. The molecule has 1 aliphatic rings. The molecule has 0 aromatic heterocycles. The van der Waals surface area contributed by atoms with E-state index in [4.69, 9.17) is 0 Å². The van der Waals surface area contributed by atoms with Gasteiger partial charge in [0, 0.05) is 32.7 Å². The van der Waals surface area contributed by atoms with Crippen LogP contribution in [-0.2, 0) is 26.6 Å². The van der Waals surface area contributed by atoms with Crippen LogP contribution in [-0.4, -0.2) is 69.6 Å². The molecule has 0 N–H and O–H groups in total. The molecule has 0 radical (unpaired) electrons. The van der Waals surface area contributed by atoms with Crippen molar-refractivity contribution >= 4 is 20.0 Å². The maximum atomic E-state index is 13.7. The molecule has 0 spiro atoms. The SMILES string of the molecule is C=C1CN(S(=O)(=O)c2ccc(C)cc2)CCCN(Cc2ccccc2)CCCN(S(=O)(=O)c2ccc(F)cc2)C1. The zero-order valence-electron chi connectivity index (χ0n) is 22.7. The van der Waals surface area contributed by atoms with Gasteiger partial charge in [0.05, 0.1) is 9.79 Å². The Bertz CT molecular complexity index is 1400. The van der Waals surface area contributed by atoms with Crippen LogP contribution in [0.1, 0.15) is 24.0 Å². The van der Waals surface area contributed by atoms with E-state index in [1.807, 2.05) is 37.3 Å². The van der Waals surface area contributed by atoms with Crippen molar-refractivity contribution < 1.29 is 21.2 Å². The second kappa shape index (κ2) is 13.2. The number of halogens is 1. The first-order chi connectivity index (χ1) is 19.1. The number of sulfonamides is 2. The average molecular weight is 586 g/mol. The molecular formula is C30H36FN3O4S2. The quantitative estimate of drug-likeness (QED) is 0.393. The minimum Gasteiger partial charge on any atom is -0.299 e. The summed E-state index contributed by atoms with van der Waals surface area (Å²) in [5.74, 6) is -0.523. The lowest BCUT2D eigenvalue weighted by Gasteiger charge is -2.30. The molecule has 7 nitrogen and oxygen atoms in total. The standard InChI is InChI=1S/C30H36FN3O4S2/c1-25-10-14-29(15-11-25)39(35,36)33-20-6-18-32(24-27-8-4-3-5-9-27)19-7-21-34(23-26(2)22-33)40(37,38)30-16-12-28(31)13-17-30/h3-5,8-17H,2,6-7,18-24H2,1H3. The summed E-state index contributed by atoms with van der Waals surface area (Å²) in [6, 6.07) is 21.4. The van der Waals surface area contributed by atoms with E-state index < -0.39 is 25.9 Å². The molecule has 1 saturated heterocycles. The topological polar surface area (TPSA) is 78.0 Å². The van der Waals surface area contributed by atoms with E-state index in [2.05, 4.69) is 11.5 Å². The van der Waals surface area contributed by atoms with E-state index in [0.717, 1.165) is 23.3 Å². The van der Waals surface area contributed by atoms with Crippen molar-refractivity contribution in [1.82, 2.24) is 13.5 Å². The van der Waals surface area contributed by atoms with Gasteiger partial charge in [0.1, 0.15) is 5.82 Å². The second-order valence-corrected chi connectivity index (χ2v) is 14.0. The highest BCUT2D eigenvalue weighted by Crippen LogP contribution is 2.22. The number of hydrogen-bond donors (Lipinski definition) is 0. The van der Waals surface area contributed by atoms with Crippen LogP contribution in [0.25, 0.3) is 0 Å². The molecule has 1 fully saturated rings.